The van der Waals surface area contributed by atoms with Gasteiger partial charge in [-0.2, -0.15) is 0 Å². The summed E-state index contributed by atoms with van der Waals surface area (Å²) in [5.41, 5.74) is 1.01. The summed E-state index contributed by atoms with van der Waals surface area (Å²) in [7, 11) is 0. The van der Waals surface area contributed by atoms with Crippen molar-refractivity contribution in [2.45, 2.75) is 23.6 Å². The third kappa shape index (κ3) is 6.49. The highest BCUT2D eigenvalue weighted by molar-refractivity contribution is 8.00. The molecule has 1 aliphatic heterocycles. The zero-order valence-corrected chi connectivity index (χ0v) is 17.4. The number of amides is 2. The Balaban J connectivity index is 1.32. The van der Waals surface area contributed by atoms with Crippen LogP contribution >= 0.6 is 23.1 Å². The molecule has 1 N–H and O–H groups in total. The van der Waals surface area contributed by atoms with E-state index in [0.29, 0.717) is 19.6 Å². The van der Waals surface area contributed by atoms with Crippen molar-refractivity contribution in [3.63, 3.8) is 0 Å². The minimum Gasteiger partial charge on any atom is -0.356 e. The van der Waals surface area contributed by atoms with E-state index >= 15 is 0 Å². The molecule has 148 valence electrons. The molecule has 28 heavy (non-hydrogen) atoms. The highest BCUT2D eigenvalue weighted by Gasteiger charge is 2.26. The maximum Gasteiger partial charge on any atom is 0.246 e. The van der Waals surface area contributed by atoms with Crippen LogP contribution in [0.5, 0.6) is 0 Å². The van der Waals surface area contributed by atoms with Gasteiger partial charge < -0.3 is 10.2 Å². The lowest BCUT2D eigenvalue weighted by Crippen LogP contribution is -2.42. The number of piperidine rings is 1. The summed E-state index contributed by atoms with van der Waals surface area (Å²) >= 11 is 3.37. The predicted molar refractivity (Wildman–Crippen MR) is 115 cm³/mol. The fraction of sp³-hybridized carbons (Fsp3) is 0.381. The summed E-state index contributed by atoms with van der Waals surface area (Å²) < 4.78 is 1.07. The number of benzene rings is 1. The first kappa shape index (κ1) is 20.6. The van der Waals surface area contributed by atoms with Gasteiger partial charge in [-0.3, -0.25) is 9.59 Å². The number of hydrogen-bond acceptors (Lipinski definition) is 5. The van der Waals surface area contributed by atoms with Crippen molar-refractivity contribution < 1.29 is 9.59 Å². The second kappa shape index (κ2) is 11.0. The molecular weight excluding hydrogens is 390 g/mol. The zero-order valence-electron chi connectivity index (χ0n) is 15.8. The van der Waals surface area contributed by atoms with Crippen LogP contribution in [0.25, 0.3) is 6.08 Å². The van der Waals surface area contributed by atoms with Crippen LogP contribution < -0.4 is 5.32 Å². The van der Waals surface area contributed by atoms with E-state index in [4.69, 9.17) is 0 Å². The summed E-state index contributed by atoms with van der Waals surface area (Å²) in [5, 5.41) is 5.01. The molecule has 2 heterocycles. The van der Waals surface area contributed by atoms with Gasteiger partial charge in [-0.15, -0.1) is 11.3 Å². The van der Waals surface area contributed by atoms with Gasteiger partial charge in [0, 0.05) is 49.0 Å². The molecule has 0 radical (unpaired) electrons. The molecule has 1 aromatic heterocycles. The Labute approximate surface area is 174 Å². The van der Waals surface area contributed by atoms with Gasteiger partial charge in [-0.1, -0.05) is 42.1 Å². The molecule has 3 rings (SSSR count). The Hall–Kier alpha value is -2.12. The topological polar surface area (TPSA) is 62.3 Å². The third-order valence-corrected chi connectivity index (χ3v) is 6.70. The molecule has 0 unspecified atom stereocenters. The van der Waals surface area contributed by atoms with Crippen LogP contribution in [0.2, 0.25) is 0 Å². The van der Waals surface area contributed by atoms with E-state index in [9.17, 15) is 9.59 Å². The average molecular weight is 416 g/mol. The van der Waals surface area contributed by atoms with Gasteiger partial charge >= 0.3 is 0 Å². The molecule has 0 aliphatic carbocycles. The van der Waals surface area contributed by atoms with Crippen molar-refractivity contribution in [2.75, 3.05) is 25.4 Å². The van der Waals surface area contributed by atoms with Gasteiger partial charge in [0.1, 0.15) is 4.34 Å². The van der Waals surface area contributed by atoms with Crippen molar-refractivity contribution in [1.82, 2.24) is 15.2 Å². The number of likely N-dealkylation sites (tertiary alicyclic amines) is 1. The number of thioether (sulfide) groups is 1. The first-order valence-electron chi connectivity index (χ1n) is 9.54. The first-order chi connectivity index (χ1) is 13.7. The van der Waals surface area contributed by atoms with Crippen molar-refractivity contribution in [3.8, 4) is 0 Å². The predicted octanol–water partition coefficient (Wildman–Crippen LogP) is 3.69. The summed E-state index contributed by atoms with van der Waals surface area (Å²) in [4.78, 5) is 30.7. The lowest BCUT2D eigenvalue weighted by Gasteiger charge is -2.30. The van der Waals surface area contributed by atoms with Crippen LogP contribution in [0, 0.1) is 5.92 Å². The normalized spacial score (nSPS) is 15.1. The van der Waals surface area contributed by atoms with E-state index in [2.05, 4.69) is 10.3 Å². The molecule has 7 heteroatoms. The summed E-state index contributed by atoms with van der Waals surface area (Å²) in [6.07, 6.45) is 7.65. The van der Waals surface area contributed by atoms with Crippen molar-refractivity contribution in [3.05, 3.63) is 53.5 Å². The van der Waals surface area contributed by atoms with Gasteiger partial charge in [0.05, 0.1) is 0 Å². The van der Waals surface area contributed by atoms with Gasteiger partial charge in [0.15, 0.2) is 0 Å². The molecular formula is C21H25N3O2S2. The summed E-state index contributed by atoms with van der Waals surface area (Å²) in [5.74, 6) is 1.09. The molecule has 1 aliphatic rings. The summed E-state index contributed by atoms with van der Waals surface area (Å²) in [6.45, 7) is 1.96. The van der Waals surface area contributed by atoms with Crippen molar-refractivity contribution in [2.24, 2.45) is 5.92 Å². The Morgan fingerprint density at radius 2 is 2.04 bits per heavy atom. The highest BCUT2D eigenvalue weighted by atomic mass is 32.2. The van der Waals surface area contributed by atoms with Gasteiger partial charge in [-0.25, -0.2) is 4.98 Å². The quantitative estimate of drug-likeness (QED) is 0.406. The lowest BCUT2D eigenvalue weighted by molar-refractivity contribution is -0.132. The van der Waals surface area contributed by atoms with Crippen LogP contribution in [0.4, 0.5) is 0 Å². The van der Waals surface area contributed by atoms with Gasteiger partial charge in [0.2, 0.25) is 11.8 Å². The fourth-order valence-corrected chi connectivity index (χ4v) is 4.72. The molecule has 1 aromatic carbocycles. The Morgan fingerprint density at radius 3 is 2.75 bits per heavy atom. The van der Waals surface area contributed by atoms with Crippen LogP contribution in [-0.2, 0) is 9.59 Å². The standard InChI is InChI=1S/C21H25N3O2S2/c25-19(8-7-17-5-2-1-3-6-17)24-13-9-18(10-14-24)20(26)22-11-4-15-27-21-23-12-16-28-21/h1-3,5-8,12,16,18H,4,9-11,13-15H2,(H,22,26). The minimum absolute atomic E-state index is 0.00812. The Bertz CT molecular complexity index is 770. The number of nitrogens with zero attached hydrogens (tertiary/aromatic N) is 2. The maximum absolute atomic E-state index is 12.3. The largest absolute Gasteiger partial charge is 0.356 e. The van der Waals surface area contributed by atoms with E-state index in [1.165, 1.54) is 0 Å². The molecule has 1 saturated heterocycles. The SMILES string of the molecule is O=C(NCCCSc1nccs1)C1CCN(C(=O)C=Cc2ccccc2)CC1. The number of hydrogen-bond donors (Lipinski definition) is 1. The van der Waals surface area contributed by atoms with E-state index in [0.717, 1.165) is 34.9 Å². The molecule has 0 bridgehead atoms. The molecule has 5 nitrogen and oxygen atoms in total. The number of carbonyl (C=O) groups excluding carboxylic acids is 2. The number of carbonyl (C=O) groups is 2. The van der Waals surface area contributed by atoms with Crippen LogP contribution in [0.15, 0.2) is 52.3 Å². The number of thiazole rings is 1. The second-order valence-electron chi connectivity index (χ2n) is 6.63. The number of nitrogens with one attached hydrogen (secondary N) is 1. The van der Waals surface area contributed by atoms with Gasteiger partial charge in [0.25, 0.3) is 0 Å². The second-order valence-corrected chi connectivity index (χ2v) is 8.87. The first-order valence-corrected chi connectivity index (χ1v) is 11.4. The minimum atomic E-state index is 0.00812. The van der Waals surface area contributed by atoms with Crippen molar-refractivity contribution in [1.29, 1.82) is 0 Å². The third-order valence-electron chi connectivity index (χ3n) is 4.65. The Kier molecular flexibility index (Phi) is 8.11. The molecule has 2 aromatic rings. The molecule has 0 atom stereocenters. The number of aromatic nitrogens is 1. The molecule has 0 spiro atoms. The van der Waals surface area contributed by atoms with E-state index < -0.39 is 0 Å². The average Bonchev–Trinajstić information content (AvgIpc) is 3.26. The van der Waals surface area contributed by atoms with Crippen LogP contribution in [-0.4, -0.2) is 47.1 Å². The molecule has 1 fully saturated rings. The maximum atomic E-state index is 12.3. The van der Waals surface area contributed by atoms with Gasteiger partial charge in [-0.05, 0) is 30.9 Å². The monoisotopic (exact) mass is 415 g/mol. The number of rotatable bonds is 8. The summed E-state index contributed by atoms with van der Waals surface area (Å²) in [6, 6.07) is 9.79. The van der Waals surface area contributed by atoms with Crippen molar-refractivity contribution >= 4 is 41.0 Å². The van der Waals surface area contributed by atoms with E-state index in [1.54, 1.807) is 29.2 Å². The van der Waals surface area contributed by atoms with E-state index in [-0.39, 0.29) is 17.7 Å². The zero-order chi connectivity index (χ0) is 19.6. The Morgan fingerprint density at radius 1 is 1.25 bits per heavy atom. The van der Waals surface area contributed by atoms with E-state index in [1.807, 2.05) is 52.9 Å². The molecule has 2 amide bonds. The lowest BCUT2D eigenvalue weighted by atomic mass is 9.96. The fourth-order valence-electron chi connectivity index (χ4n) is 3.07. The molecule has 0 saturated carbocycles. The highest BCUT2D eigenvalue weighted by Crippen LogP contribution is 2.21. The van der Waals surface area contributed by atoms with Crippen LogP contribution in [0.1, 0.15) is 24.8 Å². The van der Waals surface area contributed by atoms with Crippen LogP contribution in [0.3, 0.4) is 0 Å². The smallest absolute Gasteiger partial charge is 0.246 e.